The van der Waals surface area contributed by atoms with Gasteiger partial charge in [-0.15, -0.1) is 0 Å². The Morgan fingerprint density at radius 1 is 1.29 bits per heavy atom. The molecule has 1 heterocycles. The number of halogens is 2. The molecule has 0 aliphatic rings. The van der Waals surface area contributed by atoms with Gasteiger partial charge >= 0.3 is 0 Å². The third-order valence-electron chi connectivity index (χ3n) is 1.75. The Bertz CT molecular complexity index is 400. The second-order valence-corrected chi connectivity index (χ2v) is 4.83. The van der Waals surface area contributed by atoms with E-state index in [1.165, 1.54) is 0 Å². The van der Waals surface area contributed by atoms with E-state index >= 15 is 0 Å². The van der Waals surface area contributed by atoms with Crippen LogP contribution < -0.4 is 0 Å². The van der Waals surface area contributed by atoms with Gasteiger partial charge in [0.1, 0.15) is 6.07 Å². The number of pyridine rings is 1. The second-order valence-electron chi connectivity index (χ2n) is 4.01. The molecule has 74 valence electrons. The molecule has 0 saturated carbocycles. The summed E-state index contributed by atoms with van der Waals surface area (Å²) in [6.07, 6.45) is 0. The maximum absolute atomic E-state index is 8.76. The van der Waals surface area contributed by atoms with Crippen LogP contribution >= 0.6 is 23.2 Å². The predicted molar refractivity (Wildman–Crippen MR) is 57.7 cm³/mol. The van der Waals surface area contributed by atoms with Crippen molar-refractivity contribution < 1.29 is 0 Å². The van der Waals surface area contributed by atoms with Gasteiger partial charge in [-0.3, -0.25) is 0 Å². The van der Waals surface area contributed by atoms with Crippen LogP contribution in [0.15, 0.2) is 6.07 Å². The topological polar surface area (TPSA) is 36.7 Å². The van der Waals surface area contributed by atoms with Crippen molar-refractivity contribution in [1.29, 1.82) is 5.26 Å². The highest BCUT2D eigenvalue weighted by atomic mass is 35.5. The van der Waals surface area contributed by atoms with E-state index in [1.807, 2.05) is 26.8 Å². The fraction of sp³-hybridized carbons (Fsp3) is 0.400. The zero-order chi connectivity index (χ0) is 10.9. The molecule has 0 aliphatic carbocycles. The standard InChI is InChI=1S/C10H10Cl2N2/c1-10(2,3)9-7(12)4-6(11)8(5-13)14-9/h4H,1-3H3. The van der Waals surface area contributed by atoms with Crippen molar-refractivity contribution in [3.8, 4) is 6.07 Å². The lowest BCUT2D eigenvalue weighted by Crippen LogP contribution is -2.15. The van der Waals surface area contributed by atoms with Crippen molar-refractivity contribution >= 4 is 23.2 Å². The quantitative estimate of drug-likeness (QED) is 0.681. The van der Waals surface area contributed by atoms with E-state index in [0.29, 0.717) is 15.7 Å². The van der Waals surface area contributed by atoms with Crippen LogP contribution in [0, 0.1) is 11.3 Å². The van der Waals surface area contributed by atoms with E-state index in [1.54, 1.807) is 6.07 Å². The Balaban J connectivity index is 3.41. The summed E-state index contributed by atoms with van der Waals surface area (Å²) in [6.45, 7) is 5.95. The van der Waals surface area contributed by atoms with Gasteiger partial charge in [0, 0.05) is 5.41 Å². The SMILES string of the molecule is CC(C)(C)c1nc(C#N)c(Cl)cc1Cl. The molecular formula is C10H10Cl2N2. The fourth-order valence-electron chi connectivity index (χ4n) is 1.07. The van der Waals surface area contributed by atoms with Crippen LogP contribution in [0.25, 0.3) is 0 Å². The van der Waals surface area contributed by atoms with Gasteiger partial charge in [-0.1, -0.05) is 44.0 Å². The van der Waals surface area contributed by atoms with Crippen LogP contribution in [0.5, 0.6) is 0 Å². The minimum Gasteiger partial charge on any atom is -0.238 e. The molecule has 0 bridgehead atoms. The molecule has 2 nitrogen and oxygen atoms in total. The normalized spacial score (nSPS) is 11.1. The number of nitriles is 1. The molecule has 0 N–H and O–H groups in total. The first-order valence-electron chi connectivity index (χ1n) is 4.13. The Kier molecular flexibility index (Phi) is 3.04. The lowest BCUT2D eigenvalue weighted by Gasteiger charge is -2.19. The molecule has 0 saturated heterocycles. The van der Waals surface area contributed by atoms with Crippen molar-refractivity contribution in [3.63, 3.8) is 0 Å². The van der Waals surface area contributed by atoms with Crippen LogP contribution in [0.1, 0.15) is 32.2 Å². The van der Waals surface area contributed by atoms with Crippen LogP contribution in [-0.2, 0) is 5.41 Å². The monoisotopic (exact) mass is 228 g/mol. The zero-order valence-corrected chi connectivity index (χ0v) is 9.74. The van der Waals surface area contributed by atoms with E-state index in [0.717, 1.165) is 0 Å². The van der Waals surface area contributed by atoms with Crippen molar-refractivity contribution in [3.05, 3.63) is 27.5 Å². The number of nitrogens with zero attached hydrogens (tertiary/aromatic N) is 2. The van der Waals surface area contributed by atoms with Gasteiger partial charge in [0.25, 0.3) is 0 Å². The summed E-state index contributed by atoms with van der Waals surface area (Å²) in [5.41, 5.74) is 0.730. The van der Waals surface area contributed by atoms with Gasteiger partial charge in [-0.05, 0) is 6.07 Å². The van der Waals surface area contributed by atoms with Gasteiger partial charge in [-0.2, -0.15) is 5.26 Å². The number of hydrogen-bond acceptors (Lipinski definition) is 2. The van der Waals surface area contributed by atoms with Gasteiger partial charge in [0.15, 0.2) is 5.69 Å². The van der Waals surface area contributed by atoms with E-state index in [9.17, 15) is 0 Å². The average Bonchev–Trinajstić information content (AvgIpc) is 2.02. The molecule has 0 unspecified atom stereocenters. The minimum absolute atomic E-state index is 0.187. The molecule has 4 heteroatoms. The highest BCUT2D eigenvalue weighted by molar-refractivity contribution is 6.35. The summed E-state index contributed by atoms with van der Waals surface area (Å²) >= 11 is 11.8. The molecule has 14 heavy (non-hydrogen) atoms. The molecule has 0 spiro atoms. The smallest absolute Gasteiger partial charge is 0.159 e. The predicted octanol–water partition coefficient (Wildman–Crippen LogP) is 3.56. The summed E-state index contributed by atoms with van der Waals surface area (Å²) in [6, 6.07) is 3.50. The molecular weight excluding hydrogens is 219 g/mol. The fourth-order valence-corrected chi connectivity index (χ4v) is 1.76. The van der Waals surface area contributed by atoms with Gasteiger partial charge < -0.3 is 0 Å². The first-order valence-corrected chi connectivity index (χ1v) is 4.88. The second kappa shape index (κ2) is 3.76. The number of aromatic nitrogens is 1. The van der Waals surface area contributed by atoms with E-state index < -0.39 is 0 Å². The lowest BCUT2D eigenvalue weighted by molar-refractivity contribution is 0.568. The maximum Gasteiger partial charge on any atom is 0.159 e. The largest absolute Gasteiger partial charge is 0.238 e. The van der Waals surface area contributed by atoms with Gasteiger partial charge in [0.2, 0.25) is 0 Å². The minimum atomic E-state index is -0.187. The molecule has 0 atom stereocenters. The summed E-state index contributed by atoms with van der Waals surface area (Å²) < 4.78 is 0. The summed E-state index contributed by atoms with van der Waals surface area (Å²) in [5.74, 6) is 0. The molecule has 1 aromatic rings. The molecule has 1 rings (SSSR count). The Morgan fingerprint density at radius 3 is 2.29 bits per heavy atom. The average molecular weight is 229 g/mol. The van der Waals surface area contributed by atoms with Crippen molar-refractivity contribution in [2.24, 2.45) is 0 Å². The molecule has 0 aliphatic heterocycles. The molecule has 1 aromatic heterocycles. The van der Waals surface area contributed by atoms with Crippen molar-refractivity contribution in [2.75, 3.05) is 0 Å². The van der Waals surface area contributed by atoms with Crippen LogP contribution in [-0.4, -0.2) is 4.98 Å². The highest BCUT2D eigenvalue weighted by Crippen LogP contribution is 2.30. The van der Waals surface area contributed by atoms with Crippen LogP contribution in [0.3, 0.4) is 0 Å². The third kappa shape index (κ3) is 2.17. The van der Waals surface area contributed by atoms with E-state index in [4.69, 9.17) is 28.5 Å². The van der Waals surface area contributed by atoms with Crippen LogP contribution in [0.4, 0.5) is 0 Å². The maximum atomic E-state index is 8.76. The van der Waals surface area contributed by atoms with Crippen LogP contribution in [0.2, 0.25) is 10.0 Å². The Morgan fingerprint density at radius 2 is 1.86 bits per heavy atom. The zero-order valence-electron chi connectivity index (χ0n) is 8.23. The summed E-state index contributed by atoms with van der Waals surface area (Å²) in [7, 11) is 0. The molecule has 0 aromatic carbocycles. The van der Waals surface area contributed by atoms with Gasteiger partial charge in [-0.25, -0.2) is 4.98 Å². The number of rotatable bonds is 0. The van der Waals surface area contributed by atoms with Gasteiger partial charge in [0.05, 0.1) is 15.7 Å². The summed E-state index contributed by atoms with van der Waals surface area (Å²) in [4.78, 5) is 4.14. The first-order chi connectivity index (χ1) is 6.36. The lowest BCUT2D eigenvalue weighted by atomic mass is 9.91. The first kappa shape index (κ1) is 11.3. The molecule has 0 radical (unpaired) electrons. The highest BCUT2D eigenvalue weighted by Gasteiger charge is 2.21. The molecule has 0 fully saturated rings. The Labute approximate surface area is 93.5 Å². The summed E-state index contributed by atoms with van der Waals surface area (Å²) in [5, 5.41) is 9.56. The van der Waals surface area contributed by atoms with Crippen molar-refractivity contribution in [1.82, 2.24) is 4.98 Å². The van der Waals surface area contributed by atoms with E-state index in [-0.39, 0.29) is 11.1 Å². The van der Waals surface area contributed by atoms with Crippen molar-refractivity contribution in [2.45, 2.75) is 26.2 Å². The van der Waals surface area contributed by atoms with E-state index in [2.05, 4.69) is 4.98 Å². The molecule has 0 amide bonds. The Hall–Kier alpha value is -0.780. The third-order valence-corrected chi connectivity index (χ3v) is 2.32. The number of hydrogen-bond donors (Lipinski definition) is 0.